The molecule has 116 valence electrons. The number of carbonyl (C=O) groups is 1. The summed E-state index contributed by atoms with van der Waals surface area (Å²) in [6.45, 7) is 1.50. The Kier molecular flexibility index (Phi) is 4.29. The number of piperidine rings is 1. The highest BCUT2D eigenvalue weighted by Crippen LogP contribution is 2.34. The minimum atomic E-state index is -0.580. The molecule has 5 heteroatoms. The molecule has 1 saturated carbocycles. The van der Waals surface area contributed by atoms with E-state index in [1.807, 2.05) is 22.7 Å². The normalized spacial score (nSPS) is 24.1. The van der Waals surface area contributed by atoms with Crippen LogP contribution >= 0.6 is 0 Å². The number of aromatic nitrogens is 2. The third-order valence-electron chi connectivity index (χ3n) is 4.84. The van der Waals surface area contributed by atoms with Gasteiger partial charge in [0.05, 0.1) is 0 Å². The number of rotatable bonds is 5. The number of carbonyl (C=O) groups excluding carboxylic acids is 1. The van der Waals surface area contributed by atoms with Gasteiger partial charge in [0, 0.05) is 44.9 Å². The van der Waals surface area contributed by atoms with Gasteiger partial charge < -0.3 is 14.6 Å². The summed E-state index contributed by atoms with van der Waals surface area (Å²) in [4.78, 5) is 18.5. The zero-order valence-electron chi connectivity index (χ0n) is 12.7. The van der Waals surface area contributed by atoms with Gasteiger partial charge in [0.2, 0.25) is 5.91 Å². The van der Waals surface area contributed by atoms with Crippen LogP contribution in [0.25, 0.3) is 0 Å². The van der Waals surface area contributed by atoms with Gasteiger partial charge in [-0.15, -0.1) is 0 Å². The molecule has 1 aromatic heterocycles. The SMILES string of the molecule is Cn1ccnc1C(O)C1CCCN(C(=O)CCC2CC2)C1. The maximum Gasteiger partial charge on any atom is 0.222 e. The average molecular weight is 291 g/mol. The van der Waals surface area contributed by atoms with E-state index >= 15 is 0 Å². The van der Waals surface area contributed by atoms with Crippen LogP contribution in [0.2, 0.25) is 0 Å². The van der Waals surface area contributed by atoms with Gasteiger partial charge in [-0.05, 0) is 25.2 Å². The fourth-order valence-corrected chi connectivity index (χ4v) is 3.26. The van der Waals surface area contributed by atoms with Crippen LogP contribution in [0.1, 0.15) is 50.5 Å². The number of hydrogen-bond acceptors (Lipinski definition) is 3. The predicted octanol–water partition coefficient (Wildman–Crippen LogP) is 1.88. The second kappa shape index (κ2) is 6.18. The summed E-state index contributed by atoms with van der Waals surface area (Å²) >= 11 is 0. The number of likely N-dealkylation sites (tertiary alicyclic amines) is 1. The Balaban J connectivity index is 1.57. The van der Waals surface area contributed by atoms with Crippen LogP contribution in [0, 0.1) is 11.8 Å². The van der Waals surface area contributed by atoms with Crippen molar-refractivity contribution in [3.05, 3.63) is 18.2 Å². The first kappa shape index (κ1) is 14.6. The molecule has 1 N–H and O–H groups in total. The average Bonchev–Trinajstić information content (AvgIpc) is 3.24. The minimum Gasteiger partial charge on any atom is -0.385 e. The summed E-state index contributed by atoms with van der Waals surface area (Å²) < 4.78 is 1.86. The topological polar surface area (TPSA) is 58.4 Å². The molecule has 1 aliphatic heterocycles. The van der Waals surface area contributed by atoms with E-state index in [1.165, 1.54) is 12.8 Å². The lowest BCUT2D eigenvalue weighted by Crippen LogP contribution is -2.42. The Hall–Kier alpha value is -1.36. The third-order valence-corrected chi connectivity index (χ3v) is 4.84. The highest BCUT2D eigenvalue weighted by Gasteiger charge is 2.31. The summed E-state index contributed by atoms with van der Waals surface area (Å²) in [5.74, 6) is 1.86. The number of nitrogens with zero attached hydrogens (tertiary/aromatic N) is 3. The summed E-state index contributed by atoms with van der Waals surface area (Å²) in [7, 11) is 1.90. The lowest BCUT2D eigenvalue weighted by Gasteiger charge is -2.35. The zero-order chi connectivity index (χ0) is 14.8. The number of imidazole rings is 1. The van der Waals surface area contributed by atoms with Crippen LogP contribution in [0.5, 0.6) is 0 Å². The quantitative estimate of drug-likeness (QED) is 0.901. The molecular weight excluding hydrogens is 266 g/mol. The first-order valence-electron chi connectivity index (χ1n) is 8.08. The predicted molar refractivity (Wildman–Crippen MR) is 79.4 cm³/mol. The van der Waals surface area contributed by atoms with Crippen molar-refractivity contribution in [2.45, 2.75) is 44.6 Å². The standard InChI is InChI=1S/C16H25N3O2/c1-18-10-8-17-16(18)15(21)13-3-2-9-19(11-13)14(20)7-6-12-4-5-12/h8,10,12-13,15,21H,2-7,9,11H2,1H3. The van der Waals surface area contributed by atoms with Crippen LogP contribution in [0.4, 0.5) is 0 Å². The van der Waals surface area contributed by atoms with Gasteiger partial charge in [-0.1, -0.05) is 12.8 Å². The van der Waals surface area contributed by atoms with Crippen molar-refractivity contribution in [2.75, 3.05) is 13.1 Å². The molecule has 0 aromatic carbocycles. The largest absolute Gasteiger partial charge is 0.385 e. The van der Waals surface area contributed by atoms with E-state index in [4.69, 9.17) is 0 Å². The molecule has 3 rings (SSSR count). The van der Waals surface area contributed by atoms with Crippen molar-refractivity contribution in [2.24, 2.45) is 18.9 Å². The smallest absolute Gasteiger partial charge is 0.222 e. The van der Waals surface area contributed by atoms with Crippen LogP contribution in [0.3, 0.4) is 0 Å². The first-order valence-corrected chi connectivity index (χ1v) is 8.08. The Morgan fingerprint density at radius 3 is 2.95 bits per heavy atom. The summed E-state index contributed by atoms with van der Waals surface area (Å²) in [6, 6.07) is 0. The van der Waals surface area contributed by atoms with E-state index in [0.717, 1.165) is 31.7 Å². The Labute approximate surface area is 126 Å². The molecule has 0 radical (unpaired) electrons. The second-order valence-electron chi connectivity index (χ2n) is 6.57. The third kappa shape index (κ3) is 3.46. The highest BCUT2D eigenvalue weighted by atomic mass is 16.3. The molecule has 0 spiro atoms. The highest BCUT2D eigenvalue weighted by molar-refractivity contribution is 5.76. The van der Waals surface area contributed by atoms with Crippen LogP contribution in [0.15, 0.2) is 12.4 Å². The fraction of sp³-hybridized carbons (Fsp3) is 0.750. The van der Waals surface area contributed by atoms with Gasteiger partial charge in [-0.2, -0.15) is 0 Å². The number of amides is 1. The van der Waals surface area contributed by atoms with E-state index in [1.54, 1.807) is 6.20 Å². The molecule has 1 saturated heterocycles. The number of hydrogen-bond donors (Lipinski definition) is 1. The molecule has 21 heavy (non-hydrogen) atoms. The van der Waals surface area contributed by atoms with E-state index in [9.17, 15) is 9.90 Å². The van der Waals surface area contributed by atoms with Crippen LogP contribution in [-0.2, 0) is 11.8 Å². The fourth-order valence-electron chi connectivity index (χ4n) is 3.26. The lowest BCUT2D eigenvalue weighted by molar-refractivity contribution is -0.134. The molecule has 2 unspecified atom stereocenters. The van der Waals surface area contributed by atoms with Crippen molar-refractivity contribution < 1.29 is 9.90 Å². The molecule has 2 aliphatic rings. The monoisotopic (exact) mass is 291 g/mol. The molecule has 2 atom stereocenters. The number of aliphatic hydroxyl groups excluding tert-OH is 1. The van der Waals surface area contributed by atoms with Gasteiger partial charge in [-0.25, -0.2) is 4.98 Å². The molecule has 1 aliphatic carbocycles. The molecule has 1 amide bonds. The van der Waals surface area contributed by atoms with Gasteiger partial charge in [-0.3, -0.25) is 4.79 Å². The van der Waals surface area contributed by atoms with Crippen LogP contribution in [-0.4, -0.2) is 38.6 Å². The van der Waals surface area contributed by atoms with Crippen molar-refractivity contribution in [1.82, 2.24) is 14.5 Å². The molecule has 0 bridgehead atoms. The number of aryl methyl sites for hydroxylation is 1. The molecule has 2 heterocycles. The van der Waals surface area contributed by atoms with Crippen molar-refractivity contribution in [1.29, 1.82) is 0 Å². The molecule has 1 aromatic rings. The summed E-state index contributed by atoms with van der Waals surface area (Å²) in [5.41, 5.74) is 0. The zero-order valence-corrected chi connectivity index (χ0v) is 12.7. The van der Waals surface area contributed by atoms with Gasteiger partial charge in [0.25, 0.3) is 0 Å². The maximum absolute atomic E-state index is 12.3. The Morgan fingerprint density at radius 1 is 1.48 bits per heavy atom. The second-order valence-corrected chi connectivity index (χ2v) is 6.57. The maximum atomic E-state index is 12.3. The van der Waals surface area contributed by atoms with Crippen LogP contribution < -0.4 is 0 Å². The van der Waals surface area contributed by atoms with Gasteiger partial charge in [0.1, 0.15) is 11.9 Å². The summed E-state index contributed by atoms with van der Waals surface area (Å²) in [5, 5.41) is 10.5. The lowest BCUT2D eigenvalue weighted by atomic mass is 9.91. The van der Waals surface area contributed by atoms with E-state index < -0.39 is 6.10 Å². The van der Waals surface area contributed by atoms with Crippen molar-refractivity contribution in [3.63, 3.8) is 0 Å². The van der Waals surface area contributed by atoms with Crippen molar-refractivity contribution in [3.8, 4) is 0 Å². The van der Waals surface area contributed by atoms with Gasteiger partial charge >= 0.3 is 0 Å². The number of aliphatic hydroxyl groups is 1. The van der Waals surface area contributed by atoms with E-state index in [0.29, 0.717) is 18.8 Å². The minimum absolute atomic E-state index is 0.102. The Morgan fingerprint density at radius 2 is 2.29 bits per heavy atom. The van der Waals surface area contributed by atoms with E-state index in [-0.39, 0.29) is 11.8 Å². The molecule has 5 nitrogen and oxygen atoms in total. The van der Waals surface area contributed by atoms with Gasteiger partial charge in [0.15, 0.2) is 0 Å². The van der Waals surface area contributed by atoms with Crippen molar-refractivity contribution >= 4 is 5.91 Å². The molecule has 2 fully saturated rings. The molecular formula is C16H25N3O2. The Bertz CT molecular complexity index is 495. The van der Waals surface area contributed by atoms with E-state index in [2.05, 4.69) is 4.98 Å². The summed E-state index contributed by atoms with van der Waals surface area (Å²) in [6.07, 6.45) is 9.23. The first-order chi connectivity index (χ1) is 10.1.